The Morgan fingerprint density at radius 1 is 1.67 bits per heavy atom. The summed E-state index contributed by atoms with van der Waals surface area (Å²) < 4.78 is 1.78. The van der Waals surface area contributed by atoms with Crippen molar-refractivity contribution in [2.75, 3.05) is 0 Å². The van der Waals surface area contributed by atoms with Crippen LogP contribution in [0.15, 0.2) is 0 Å². The number of hydrogen-bond donors (Lipinski definition) is 1. The molecule has 1 unspecified atom stereocenters. The van der Waals surface area contributed by atoms with Crippen molar-refractivity contribution < 1.29 is 9.90 Å². The molecule has 0 bridgehead atoms. The van der Waals surface area contributed by atoms with Crippen LogP contribution >= 0.6 is 0 Å². The Bertz CT molecular complexity index is 382. The lowest BCUT2D eigenvalue weighted by Crippen LogP contribution is -2.13. The molecule has 1 fully saturated rings. The SMILES string of the molecule is CCc1c(C(=O)O)nnn1C(C)C1CC1. The number of nitrogens with zero attached hydrogens (tertiary/aromatic N) is 3. The summed E-state index contributed by atoms with van der Waals surface area (Å²) in [7, 11) is 0. The van der Waals surface area contributed by atoms with Crippen LogP contribution in [0.2, 0.25) is 0 Å². The highest BCUT2D eigenvalue weighted by atomic mass is 16.4. The highest BCUT2D eigenvalue weighted by molar-refractivity contribution is 5.86. The topological polar surface area (TPSA) is 68.0 Å². The summed E-state index contributed by atoms with van der Waals surface area (Å²) in [5, 5.41) is 16.6. The van der Waals surface area contributed by atoms with Gasteiger partial charge in [0.1, 0.15) is 0 Å². The van der Waals surface area contributed by atoms with Gasteiger partial charge in [0.05, 0.1) is 11.7 Å². The van der Waals surface area contributed by atoms with Gasteiger partial charge in [-0.05, 0) is 32.1 Å². The van der Waals surface area contributed by atoms with Gasteiger partial charge in [-0.2, -0.15) is 0 Å². The van der Waals surface area contributed by atoms with E-state index >= 15 is 0 Å². The maximum Gasteiger partial charge on any atom is 0.358 e. The standard InChI is InChI=1S/C10H15N3O2/c1-3-8-9(10(14)15)11-12-13(8)6(2)7-4-5-7/h6-7H,3-5H2,1-2H3,(H,14,15). The predicted octanol–water partition coefficient (Wildman–Crippen LogP) is 1.51. The second-order valence-electron chi connectivity index (χ2n) is 4.07. The Morgan fingerprint density at radius 2 is 2.33 bits per heavy atom. The van der Waals surface area contributed by atoms with Gasteiger partial charge in [0.2, 0.25) is 0 Å². The van der Waals surface area contributed by atoms with Crippen molar-refractivity contribution in [2.24, 2.45) is 5.92 Å². The number of rotatable bonds is 4. The van der Waals surface area contributed by atoms with Crippen molar-refractivity contribution in [2.45, 2.75) is 39.2 Å². The summed E-state index contributed by atoms with van der Waals surface area (Å²) in [5.74, 6) is -0.334. The molecule has 0 aliphatic heterocycles. The lowest BCUT2D eigenvalue weighted by atomic mass is 10.2. The van der Waals surface area contributed by atoms with Crippen molar-refractivity contribution in [1.82, 2.24) is 15.0 Å². The fourth-order valence-corrected chi connectivity index (χ4v) is 1.91. The number of carboxylic acid groups (broad SMARTS) is 1. The quantitative estimate of drug-likeness (QED) is 0.816. The van der Waals surface area contributed by atoms with E-state index in [1.165, 1.54) is 12.8 Å². The summed E-state index contributed by atoms with van der Waals surface area (Å²) in [6.07, 6.45) is 3.09. The summed E-state index contributed by atoms with van der Waals surface area (Å²) in [6.45, 7) is 4.01. The molecule has 15 heavy (non-hydrogen) atoms. The third-order valence-corrected chi connectivity index (χ3v) is 3.02. The van der Waals surface area contributed by atoms with Gasteiger partial charge < -0.3 is 5.11 Å². The van der Waals surface area contributed by atoms with Crippen molar-refractivity contribution in [3.63, 3.8) is 0 Å². The molecule has 5 heteroatoms. The Hall–Kier alpha value is -1.39. The van der Waals surface area contributed by atoms with E-state index in [9.17, 15) is 4.79 Å². The van der Waals surface area contributed by atoms with Crippen LogP contribution in [0.3, 0.4) is 0 Å². The van der Waals surface area contributed by atoms with Gasteiger partial charge in [-0.3, -0.25) is 0 Å². The fourth-order valence-electron chi connectivity index (χ4n) is 1.91. The molecule has 1 aromatic rings. The molecule has 0 saturated heterocycles. The van der Waals surface area contributed by atoms with Crippen LogP contribution in [0.4, 0.5) is 0 Å². The van der Waals surface area contributed by atoms with Crippen LogP contribution in [-0.4, -0.2) is 26.1 Å². The first-order valence-electron chi connectivity index (χ1n) is 5.32. The lowest BCUT2D eigenvalue weighted by molar-refractivity contribution is 0.0689. The van der Waals surface area contributed by atoms with Crippen LogP contribution in [0, 0.1) is 5.92 Å². The van der Waals surface area contributed by atoms with E-state index in [2.05, 4.69) is 17.2 Å². The third-order valence-electron chi connectivity index (χ3n) is 3.02. The maximum absolute atomic E-state index is 10.9. The van der Waals surface area contributed by atoms with Crippen molar-refractivity contribution >= 4 is 5.97 Å². The van der Waals surface area contributed by atoms with Gasteiger partial charge in [0.15, 0.2) is 5.69 Å². The molecule has 2 rings (SSSR count). The maximum atomic E-state index is 10.9. The largest absolute Gasteiger partial charge is 0.476 e. The second kappa shape index (κ2) is 3.64. The zero-order valence-corrected chi connectivity index (χ0v) is 8.97. The molecule has 1 aliphatic carbocycles. The zero-order valence-electron chi connectivity index (χ0n) is 8.97. The molecular formula is C10H15N3O2. The Labute approximate surface area is 88.1 Å². The van der Waals surface area contributed by atoms with Crippen LogP contribution in [-0.2, 0) is 6.42 Å². The van der Waals surface area contributed by atoms with E-state index in [0.29, 0.717) is 12.3 Å². The van der Waals surface area contributed by atoms with E-state index < -0.39 is 5.97 Å². The molecule has 1 aromatic heterocycles. The monoisotopic (exact) mass is 209 g/mol. The average molecular weight is 209 g/mol. The van der Waals surface area contributed by atoms with Gasteiger partial charge in [0.25, 0.3) is 0 Å². The number of hydrogen-bond acceptors (Lipinski definition) is 3. The normalized spacial score (nSPS) is 17.7. The van der Waals surface area contributed by atoms with Gasteiger partial charge in [-0.15, -0.1) is 5.10 Å². The molecular weight excluding hydrogens is 194 g/mol. The van der Waals surface area contributed by atoms with Gasteiger partial charge in [0, 0.05) is 0 Å². The van der Waals surface area contributed by atoms with E-state index in [1.54, 1.807) is 4.68 Å². The summed E-state index contributed by atoms with van der Waals surface area (Å²) >= 11 is 0. The first-order valence-corrected chi connectivity index (χ1v) is 5.32. The third kappa shape index (κ3) is 1.73. The van der Waals surface area contributed by atoms with Crippen molar-refractivity contribution in [1.29, 1.82) is 0 Å². The molecule has 0 radical (unpaired) electrons. The Balaban J connectivity index is 2.34. The highest BCUT2D eigenvalue weighted by Crippen LogP contribution is 2.39. The number of aromatic nitrogens is 3. The van der Waals surface area contributed by atoms with E-state index in [-0.39, 0.29) is 11.7 Å². The van der Waals surface area contributed by atoms with Crippen LogP contribution in [0.1, 0.15) is 48.9 Å². The molecule has 1 saturated carbocycles. The molecule has 0 aromatic carbocycles. The molecule has 0 amide bonds. The lowest BCUT2D eigenvalue weighted by Gasteiger charge is -2.12. The molecule has 1 atom stereocenters. The highest BCUT2D eigenvalue weighted by Gasteiger charge is 2.32. The molecule has 1 N–H and O–H groups in total. The smallest absolute Gasteiger partial charge is 0.358 e. The minimum atomic E-state index is -0.985. The number of aromatic carboxylic acids is 1. The summed E-state index contributed by atoms with van der Waals surface area (Å²) in [4.78, 5) is 10.9. The number of carboxylic acids is 1. The average Bonchev–Trinajstić information content (AvgIpc) is 2.95. The fraction of sp³-hybridized carbons (Fsp3) is 0.700. The molecule has 82 valence electrons. The summed E-state index contributed by atoms with van der Waals surface area (Å²) in [5.41, 5.74) is 0.840. The van der Waals surface area contributed by atoms with Crippen LogP contribution in [0.25, 0.3) is 0 Å². The van der Waals surface area contributed by atoms with Gasteiger partial charge in [-0.1, -0.05) is 12.1 Å². The zero-order chi connectivity index (χ0) is 11.0. The van der Waals surface area contributed by atoms with E-state index in [0.717, 1.165) is 5.69 Å². The molecule has 0 spiro atoms. The minimum Gasteiger partial charge on any atom is -0.476 e. The van der Waals surface area contributed by atoms with Crippen molar-refractivity contribution in [3.8, 4) is 0 Å². The first-order chi connectivity index (χ1) is 7.15. The molecule has 5 nitrogen and oxygen atoms in total. The van der Waals surface area contributed by atoms with Crippen LogP contribution < -0.4 is 0 Å². The minimum absolute atomic E-state index is 0.102. The summed E-state index contributed by atoms with van der Waals surface area (Å²) in [6, 6.07) is 0.278. The molecule has 1 heterocycles. The van der Waals surface area contributed by atoms with Crippen LogP contribution in [0.5, 0.6) is 0 Å². The molecule has 1 aliphatic rings. The van der Waals surface area contributed by atoms with Gasteiger partial charge >= 0.3 is 5.97 Å². The Morgan fingerprint density at radius 3 is 2.80 bits per heavy atom. The predicted molar refractivity (Wildman–Crippen MR) is 53.8 cm³/mol. The number of carbonyl (C=O) groups is 1. The van der Waals surface area contributed by atoms with E-state index in [4.69, 9.17) is 5.11 Å². The van der Waals surface area contributed by atoms with Crippen molar-refractivity contribution in [3.05, 3.63) is 11.4 Å². The van der Waals surface area contributed by atoms with Gasteiger partial charge in [-0.25, -0.2) is 9.48 Å². The first kappa shape index (κ1) is 10.1. The van der Waals surface area contributed by atoms with E-state index in [1.807, 2.05) is 6.92 Å². The Kier molecular flexibility index (Phi) is 2.46. The second-order valence-corrected chi connectivity index (χ2v) is 4.07.